The van der Waals surface area contributed by atoms with E-state index in [1.165, 1.54) is 10.7 Å². The van der Waals surface area contributed by atoms with Gasteiger partial charge in [-0.3, -0.25) is 19.5 Å². The highest BCUT2D eigenvalue weighted by atomic mass is 16.5. The van der Waals surface area contributed by atoms with Gasteiger partial charge in [0.05, 0.1) is 18.9 Å². The summed E-state index contributed by atoms with van der Waals surface area (Å²) in [6.45, 7) is 6.34. The van der Waals surface area contributed by atoms with E-state index in [-0.39, 0.29) is 18.4 Å². The van der Waals surface area contributed by atoms with Crippen molar-refractivity contribution in [3.05, 3.63) is 64.6 Å². The number of piperazine rings is 1. The SMILES string of the molecule is COCCOc1ccc(N2CCN(CCn3c(=O)n(C4CC4)n4c5c(nc34)N(N)CN=C5c3ccco3)CC2)cc1. The van der Waals surface area contributed by atoms with Crippen LogP contribution in [0.3, 0.4) is 0 Å². The van der Waals surface area contributed by atoms with E-state index < -0.39 is 0 Å². The molecule has 0 unspecified atom stereocenters. The van der Waals surface area contributed by atoms with Crippen LogP contribution < -0.4 is 26.2 Å². The number of hydrogen-bond donors (Lipinski definition) is 1. The number of imidazole rings is 1. The highest BCUT2D eigenvalue weighted by molar-refractivity contribution is 6.14. The highest BCUT2D eigenvalue weighted by Crippen LogP contribution is 2.36. The molecule has 4 aromatic rings. The minimum atomic E-state index is -0.0443. The number of fused-ring (bicyclic) bond motifs is 3. The Balaban J connectivity index is 1.07. The molecule has 0 amide bonds. The fourth-order valence-corrected chi connectivity index (χ4v) is 5.67. The number of hydrogen-bond acceptors (Lipinski definition) is 10. The van der Waals surface area contributed by atoms with Crippen molar-refractivity contribution in [3.8, 4) is 5.75 Å². The van der Waals surface area contributed by atoms with E-state index in [9.17, 15) is 4.79 Å². The molecule has 0 atom stereocenters. The molecule has 0 radical (unpaired) electrons. The average Bonchev–Trinajstić information content (AvgIpc) is 3.41. The molecule has 3 aliphatic rings. The highest BCUT2D eigenvalue weighted by Gasteiger charge is 2.36. The van der Waals surface area contributed by atoms with Crippen LogP contribution in [-0.2, 0) is 11.3 Å². The molecule has 2 aliphatic heterocycles. The summed E-state index contributed by atoms with van der Waals surface area (Å²) >= 11 is 0. The third kappa shape index (κ3) is 4.79. The van der Waals surface area contributed by atoms with E-state index in [4.69, 9.17) is 24.7 Å². The Morgan fingerprint density at radius 3 is 2.56 bits per heavy atom. The van der Waals surface area contributed by atoms with Crippen LogP contribution in [0.4, 0.5) is 11.5 Å². The van der Waals surface area contributed by atoms with Crippen molar-refractivity contribution in [1.82, 2.24) is 23.6 Å². The standard InChI is InChI=1S/C28H35N9O4/c1-39-17-18-40-22-8-6-20(7-9-22)33-13-10-32(11-14-33)12-15-34-27-31-26-25(37(27)36(28(34)38)21-4-5-21)24(30-19-35(26)29)23-3-2-16-41-23/h2-3,6-9,16,21H,4-5,10-15,17-19,29H2,1H3. The molecule has 216 valence electrons. The molecule has 2 fully saturated rings. The lowest BCUT2D eigenvalue weighted by Gasteiger charge is -2.36. The van der Waals surface area contributed by atoms with E-state index >= 15 is 0 Å². The quantitative estimate of drug-likeness (QED) is 0.227. The van der Waals surface area contributed by atoms with Gasteiger partial charge in [0.25, 0.3) is 0 Å². The molecule has 3 aromatic heterocycles. The van der Waals surface area contributed by atoms with Crippen molar-refractivity contribution in [3.63, 3.8) is 0 Å². The van der Waals surface area contributed by atoms with Gasteiger partial charge in [0, 0.05) is 52.1 Å². The predicted molar refractivity (Wildman–Crippen MR) is 154 cm³/mol. The average molecular weight is 562 g/mol. The Morgan fingerprint density at radius 2 is 1.85 bits per heavy atom. The second kappa shape index (κ2) is 10.7. The van der Waals surface area contributed by atoms with E-state index in [1.807, 2.05) is 33.5 Å². The molecular formula is C28H35N9O4. The smallest absolute Gasteiger partial charge is 0.346 e. The Labute approximate surface area is 236 Å². The number of furan rings is 1. The van der Waals surface area contributed by atoms with Crippen LogP contribution in [-0.4, -0.2) is 89.1 Å². The van der Waals surface area contributed by atoms with Gasteiger partial charge in [-0.25, -0.2) is 19.8 Å². The summed E-state index contributed by atoms with van der Waals surface area (Å²) in [4.78, 5) is 28.1. The molecule has 1 aliphatic carbocycles. The molecule has 0 spiro atoms. The van der Waals surface area contributed by atoms with Gasteiger partial charge < -0.3 is 18.8 Å². The Kier molecular flexibility index (Phi) is 6.77. The van der Waals surface area contributed by atoms with Crippen LogP contribution in [0.2, 0.25) is 0 Å². The molecule has 2 N–H and O–H groups in total. The van der Waals surface area contributed by atoms with Gasteiger partial charge in [-0.05, 0) is 49.2 Å². The number of anilines is 2. The minimum Gasteiger partial charge on any atom is -0.491 e. The number of rotatable bonds is 10. The number of aliphatic imine (C=N–C) groups is 1. The summed E-state index contributed by atoms with van der Waals surface area (Å²) in [6, 6.07) is 12.1. The maximum atomic E-state index is 13.7. The first-order chi connectivity index (χ1) is 20.1. The minimum absolute atomic E-state index is 0.0443. The van der Waals surface area contributed by atoms with Gasteiger partial charge in [0.15, 0.2) is 11.6 Å². The fraction of sp³-hybridized carbons (Fsp3) is 0.464. The van der Waals surface area contributed by atoms with E-state index in [0.717, 1.165) is 51.3 Å². The van der Waals surface area contributed by atoms with Crippen molar-refractivity contribution >= 4 is 23.0 Å². The molecular weight excluding hydrogens is 526 g/mol. The van der Waals surface area contributed by atoms with Gasteiger partial charge in [-0.1, -0.05) is 0 Å². The van der Waals surface area contributed by atoms with Gasteiger partial charge in [0.2, 0.25) is 5.78 Å². The van der Waals surface area contributed by atoms with Gasteiger partial charge in [-0.15, -0.1) is 0 Å². The Morgan fingerprint density at radius 1 is 1.05 bits per heavy atom. The monoisotopic (exact) mass is 561 g/mol. The first-order valence-corrected chi connectivity index (χ1v) is 14.2. The molecule has 1 saturated carbocycles. The number of aromatic nitrogens is 4. The third-order valence-corrected chi connectivity index (χ3v) is 8.00. The number of nitrogens with two attached hydrogens (primary N) is 1. The van der Waals surface area contributed by atoms with Crippen molar-refractivity contribution in [2.24, 2.45) is 10.8 Å². The summed E-state index contributed by atoms with van der Waals surface area (Å²) < 4.78 is 22.0. The van der Waals surface area contributed by atoms with Crippen LogP contribution >= 0.6 is 0 Å². The molecule has 41 heavy (non-hydrogen) atoms. The van der Waals surface area contributed by atoms with Gasteiger partial charge in [0.1, 0.15) is 30.4 Å². The number of benzene rings is 1. The van der Waals surface area contributed by atoms with Crippen LogP contribution in [0.15, 0.2) is 56.9 Å². The molecule has 13 heteroatoms. The molecule has 7 rings (SSSR count). The van der Waals surface area contributed by atoms with E-state index in [2.05, 4.69) is 26.9 Å². The summed E-state index contributed by atoms with van der Waals surface area (Å²) in [6.07, 6.45) is 3.55. The maximum absolute atomic E-state index is 13.7. The second-order valence-electron chi connectivity index (χ2n) is 10.7. The lowest BCUT2D eigenvalue weighted by molar-refractivity contribution is 0.146. The maximum Gasteiger partial charge on any atom is 0.346 e. The summed E-state index contributed by atoms with van der Waals surface area (Å²) in [5, 5.41) is 1.53. The van der Waals surface area contributed by atoms with Crippen LogP contribution in [0.1, 0.15) is 30.3 Å². The van der Waals surface area contributed by atoms with Gasteiger partial charge in [-0.2, -0.15) is 4.98 Å². The summed E-state index contributed by atoms with van der Waals surface area (Å²) in [7, 11) is 1.67. The van der Waals surface area contributed by atoms with Crippen LogP contribution in [0, 0.1) is 0 Å². The first kappa shape index (κ1) is 25.9. The number of ether oxygens (including phenoxy) is 2. The topological polar surface area (TPSA) is 124 Å². The zero-order chi connectivity index (χ0) is 27.9. The van der Waals surface area contributed by atoms with Crippen LogP contribution in [0.25, 0.3) is 5.78 Å². The number of hydrazine groups is 1. The molecule has 1 saturated heterocycles. The molecule has 13 nitrogen and oxygen atoms in total. The summed E-state index contributed by atoms with van der Waals surface area (Å²) in [5.74, 6) is 8.98. The van der Waals surface area contributed by atoms with E-state index in [0.29, 0.717) is 48.5 Å². The number of methoxy groups -OCH3 is 1. The van der Waals surface area contributed by atoms with Gasteiger partial charge >= 0.3 is 5.69 Å². The van der Waals surface area contributed by atoms with Crippen molar-refractivity contribution in [1.29, 1.82) is 0 Å². The van der Waals surface area contributed by atoms with Crippen molar-refractivity contribution in [2.75, 3.05) is 69.6 Å². The lowest BCUT2D eigenvalue weighted by atomic mass is 10.2. The lowest BCUT2D eigenvalue weighted by Crippen LogP contribution is -2.47. The third-order valence-electron chi connectivity index (χ3n) is 8.00. The van der Waals surface area contributed by atoms with Crippen molar-refractivity contribution in [2.45, 2.75) is 25.4 Å². The summed E-state index contributed by atoms with van der Waals surface area (Å²) in [5.41, 5.74) is 2.51. The number of nitrogens with zero attached hydrogens (tertiary/aromatic N) is 8. The van der Waals surface area contributed by atoms with E-state index in [1.54, 1.807) is 17.9 Å². The predicted octanol–water partition coefficient (Wildman–Crippen LogP) is 1.56. The van der Waals surface area contributed by atoms with Crippen LogP contribution in [0.5, 0.6) is 5.75 Å². The zero-order valence-corrected chi connectivity index (χ0v) is 23.2. The first-order valence-electron chi connectivity index (χ1n) is 14.2. The van der Waals surface area contributed by atoms with Crippen molar-refractivity contribution < 1.29 is 13.9 Å². The normalized spacial score (nSPS) is 17.8. The Bertz CT molecular complexity index is 1590. The molecule has 5 heterocycles. The molecule has 0 bridgehead atoms. The fourth-order valence-electron chi connectivity index (χ4n) is 5.67. The largest absolute Gasteiger partial charge is 0.491 e. The second-order valence-corrected chi connectivity index (χ2v) is 10.7. The Hall–Kier alpha value is -4.07. The molecule has 1 aromatic carbocycles. The zero-order valence-electron chi connectivity index (χ0n) is 23.2.